The quantitative estimate of drug-likeness (QED) is 0.846. The van der Waals surface area contributed by atoms with Gasteiger partial charge in [-0.2, -0.15) is 5.10 Å². The zero-order chi connectivity index (χ0) is 13.8. The number of hydrogen-bond donors (Lipinski definition) is 1. The molecular formula is C14H28N4. The van der Waals surface area contributed by atoms with Gasteiger partial charge in [0.15, 0.2) is 0 Å². The van der Waals surface area contributed by atoms with Crippen LogP contribution in [0.25, 0.3) is 0 Å². The minimum atomic E-state index is 0.225. The van der Waals surface area contributed by atoms with Gasteiger partial charge in [0.2, 0.25) is 0 Å². The van der Waals surface area contributed by atoms with Crippen molar-refractivity contribution in [1.29, 1.82) is 0 Å². The predicted molar refractivity (Wildman–Crippen MR) is 75.6 cm³/mol. The molecule has 18 heavy (non-hydrogen) atoms. The molecule has 4 heteroatoms. The summed E-state index contributed by atoms with van der Waals surface area (Å²) in [7, 11) is 0. The van der Waals surface area contributed by atoms with E-state index in [-0.39, 0.29) is 5.41 Å². The lowest BCUT2D eigenvalue weighted by atomic mass is 9.84. The third kappa shape index (κ3) is 4.09. The molecule has 0 amide bonds. The molecule has 0 radical (unpaired) electrons. The van der Waals surface area contributed by atoms with Gasteiger partial charge in [-0.05, 0) is 32.2 Å². The van der Waals surface area contributed by atoms with Gasteiger partial charge in [-0.3, -0.25) is 0 Å². The molecule has 4 nitrogen and oxygen atoms in total. The molecule has 0 aliphatic carbocycles. The summed E-state index contributed by atoms with van der Waals surface area (Å²) in [5, 5.41) is 7.94. The van der Waals surface area contributed by atoms with Gasteiger partial charge < -0.3 is 5.32 Å². The van der Waals surface area contributed by atoms with Gasteiger partial charge in [-0.1, -0.05) is 27.7 Å². The van der Waals surface area contributed by atoms with Crippen molar-refractivity contribution in [2.24, 2.45) is 5.41 Å². The van der Waals surface area contributed by atoms with Crippen LogP contribution in [0.15, 0.2) is 6.33 Å². The van der Waals surface area contributed by atoms with Gasteiger partial charge in [-0.15, -0.1) is 0 Å². The molecule has 0 saturated heterocycles. The fraction of sp³-hybridized carbons (Fsp3) is 0.857. The minimum absolute atomic E-state index is 0.225. The van der Waals surface area contributed by atoms with E-state index in [4.69, 9.17) is 0 Å². The molecule has 1 N–H and O–H groups in total. The highest BCUT2D eigenvalue weighted by Gasteiger charge is 2.26. The van der Waals surface area contributed by atoms with Gasteiger partial charge in [0.25, 0.3) is 0 Å². The Morgan fingerprint density at radius 2 is 2.00 bits per heavy atom. The summed E-state index contributed by atoms with van der Waals surface area (Å²) in [5.74, 6) is 1.08. The van der Waals surface area contributed by atoms with Crippen molar-refractivity contribution in [1.82, 2.24) is 20.1 Å². The number of hydrogen-bond acceptors (Lipinski definition) is 3. The smallest absolute Gasteiger partial charge is 0.138 e. The second-order valence-corrected chi connectivity index (χ2v) is 6.29. The molecule has 1 atom stereocenters. The van der Waals surface area contributed by atoms with Gasteiger partial charge >= 0.3 is 0 Å². The van der Waals surface area contributed by atoms with Gasteiger partial charge in [0.1, 0.15) is 12.2 Å². The molecule has 1 heterocycles. The normalized spacial score (nSPS) is 14.2. The zero-order valence-corrected chi connectivity index (χ0v) is 12.7. The summed E-state index contributed by atoms with van der Waals surface area (Å²) in [4.78, 5) is 4.41. The summed E-state index contributed by atoms with van der Waals surface area (Å²) in [6, 6.07) is 0.799. The van der Waals surface area contributed by atoms with Crippen LogP contribution >= 0.6 is 0 Å². The van der Waals surface area contributed by atoms with Gasteiger partial charge in [0, 0.05) is 18.5 Å². The molecule has 1 rings (SSSR count). The lowest BCUT2D eigenvalue weighted by Gasteiger charge is -2.31. The first kappa shape index (κ1) is 15.2. The van der Waals surface area contributed by atoms with Crippen molar-refractivity contribution in [2.75, 3.05) is 6.54 Å². The van der Waals surface area contributed by atoms with Crippen molar-refractivity contribution in [3.05, 3.63) is 12.2 Å². The molecular weight excluding hydrogens is 224 g/mol. The second kappa shape index (κ2) is 6.32. The van der Waals surface area contributed by atoms with Crippen LogP contribution < -0.4 is 5.32 Å². The average molecular weight is 252 g/mol. The first-order chi connectivity index (χ1) is 8.36. The standard InChI is InChI=1S/C14H28N4/c1-7-8-15-12(14(4,5)6)9-13-16-10-17-18(13)11(2)3/h10-12,15H,7-9H2,1-6H3. The maximum atomic E-state index is 4.41. The molecule has 1 aromatic heterocycles. The van der Waals surface area contributed by atoms with Crippen LogP contribution in [-0.2, 0) is 6.42 Å². The maximum Gasteiger partial charge on any atom is 0.138 e. The van der Waals surface area contributed by atoms with Crippen molar-refractivity contribution >= 4 is 0 Å². The highest BCUT2D eigenvalue weighted by Crippen LogP contribution is 2.22. The average Bonchev–Trinajstić information content (AvgIpc) is 2.70. The number of nitrogens with one attached hydrogen (secondary N) is 1. The minimum Gasteiger partial charge on any atom is -0.313 e. The summed E-state index contributed by atoms with van der Waals surface area (Å²) in [5.41, 5.74) is 0.225. The van der Waals surface area contributed by atoms with E-state index < -0.39 is 0 Å². The molecule has 0 aliphatic rings. The third-order valence-electron chi connectivity index (χ3n) is 3.21. The molecule has 0 saturated carbocycles. The van der Waals surface area contributed by atoms with Crippen LogP contribution in [-0.4, -0.2) is 27.4 Å². The maximum absolute atomic E-state index is 4.41. The van der Waals surface area contributed by atoms with Crippen molar-refractivity contribution in [2.45, 2.75) is 66.5 Å². The summed E-state index contributed by atoms with van der Waals surface area (Å²) in [6.45, 7) is 14.4. The Balaban J connectivity index is 2.79. The molecule has 0 spiro atoms. The molecule has 0 bridgehead atoms. The molecule has 1 aromatic rings. The van der Waals surface area contributed by atoms with Crippen LogP contribution in [0.4, 0.5) is 0 Å². The van der Waals surface area contributed by atoms with Crippen LogP contribution in [0.1, 0.15) is 59.8 Å². The highest BCUT2D eigenvalue weighted by molar-refractivity contribution is 4.95. The van der Waals surface area contributed by atoms with E-state index in [0.29, 0.717) is 12.1 Å². The van der Waals surface area contributed by atoms with Gasteiger partial charge in [0.05, 0.1) is 0 Å². The largest absolute Gasteiger partial charge is 0.313 e. The second-order valence-electron chi connectivity index (χ2n) is 6.29. The molecule has 0 aromatic carbocycles. The first-order valence-corrected chi connectivity index (χ1v) is 6.98. The third-order valence-corrected chi connectivity index (χ3v) is 3.21. The Labute approximate surface area is 111 Å². The van der Waals surface area contributed by atoms with Crippen molar-refractivity contribution < 1.29 is 0 Å². The number of nitrogens with zero attached hydrogens (tertiary/aromatic N) is 3. The van der Waals surface area contributed by atoms with E-state index in [1.807, 2.05) is 4.68 Å². The van der Waals surface area contributed by atoms with E-state index in [1.54, 1.807) is 6.33 Å². The Kier molecular flexibility index (Phi) is 5.32. The molecule has 104 valence electrons. The Morgan fingerprint density at radius 3 is 2.50 bits per heavy atom. The lowest BCUT2D eigenvalue weighted by Crippen LogP contribution is -2.43. The Bertz CT molecular complexity index is 349. The summed E-state index contributed by atoms with van der Waals surface area (Å²) >= 11 is 0. The van der Waals surface area contributed by atoms with E-state index in [0.717, 1.165) is 25.2 Å². The van der Waals surface area contributed by atoms with E-state index in [1.165, 1.54) is 0 Å². The Hall–Kier alpha value is -0.900. The topological polar surface area (TPSA) is 42.7 Å². The number of rotatable bonds is 6. The van der Waals surface area contributed by atoms with Gasteiger partial charge in [-0.25, -0.2) is 9.67 Å². The first-order valence-electron chi connectivity index (χ1n) is 6.98. The van der Waals surface area contributed by atoms with Crippen LogP contribution in [0, 0.1) is 5.41 Å². The van der Waals surface area contributed by atoms with E-state index in [2.05, 4.69) is 56.9 Å². The van der Waals surface area contributed by atoms with E-state index >= 15 is 0 Å². The predicted octanol–water partition coefficient (Wildman–Crippen LogP) is 2.82. The molecule has 0 aliphatic heterocycles. The van der Waals surface area contributed by atoms with Crippen LogP contribution in [0.3, 0.4) is 0 Å². The fourth-order valence-corrected chi connectivity index (χ4v) is 2.04. The van der Waals surface area contributed by atoms with Crippen molar-refractivity contribution in [3.8, 4) is 0 Å². The monoisotopic (exact) mass is 252 g/mol. The number of aromatic nitrogens is 3. The van der Waals surface area contributed by atoms with Crippen LogP contribution in [0.5, 0.6) is 0 Å². The summed E-state index contributed by atoms with van der Waals surface area (Å²) < 4.78 is 2.02. The van der Waals surface area contributed by atoms with E-state index in [9.17, 15) is 0 Å². The van der Waals surface area contributed by atoms with Crippen LogP contribution in [0.2, 0.25) is 0 Å². The van der Waals surface area contributed by atoms with Crippen molar-refractivity contribution in [3.63, 3.8) is 0 Å². The lowest BCUT2D eigenvalue weighted by molar-refractivity contribution is 0.259. The Morgan fingerprint density at radius 1 is 1.33 bits per heavy atom. The highest BCUT2D eigenvalue weighted by atomic mass is 15.3. The summed E-state index contributed by atoms with van der Waals surface area (Å²) in [6.07, 6.45) is 3.75. The SMILES string of the molecule is CCCNC(Cc1ncnn1C(C)C)C(C)(C)C. The molecule has 1 unspecified atom stereocenters. The fourth-order valence-electron chi connectivity index (χ4n) is 2.04. The molecule has 0 fully saturated rings. The zero-order valence-electron chi connectivity index (χ0n) is 12.7.